The fourth-order valence-electron chi connectivity index (χ4n) is 1.44. The summed E-state index contributed by atoms with van der Waals surface area (Å²) >= 11 is 0. The first-order chi connectivity index (χ1) is 8.02. The number of hydrogen-bond acceptors (Lipinski definition) is 3. The Hall–Kier alpha value is -1.94. The molecular formula is C13H16N2O2. The molecule has 0 N–H and O–H groups in total. The molecule has 1 rings (SSSR count). The van der Waals surface area contributed by atoms with Gasteiger partial charge in [0.2, 0.25) is 5.91 Å². The molecule has 0 atom stereocenters. The Bertz CT molecular complexity index is 424. The predicted molar refractivity (Wildman–Crippen MR) is 66.7 cm³/mol. The van der Waals surface area contributed by atoms with Crippen LogP contribution >= 0.6 is 0 Å². The van der Waals surface area contributed by atoms with Gasteiger partial charge in [0, 0.05) is 27.1 Å². The van der Waals surface area contributed by atoms with E-state index in [0.717, 1.165) is 10.6 Å². The van der Waals surface area contributed by atoms with Crippen LogP contribution in [0.4, 0.5) is 0 Å². The van der Waals surface area contributed by atoms with E-state index in [2.05, 4.69) is 0 Å². The number of carbonyl (C=O) groups is 2. The van der Waals surface area contributed by atoms with E-state index in [1.165, 1.54) is 18.0 Å². The molecule has 0 fully saturated rings. The second kappa shape index (κ2) is 5.96. The molecule has 0 heterocycles. The fourth-order valence-corrected chi connectivity index (χ4v) is 1.44. The molecule has 0 aromatic heterocycles. The molecule has 1 aromatic rings. The summed E-state index contributed by atoms with van der Waals surface area (Å²) in [6.45, 7) is 1.36. The zero-order valence-electron chi connectivity index (χ0n) is 10.3. The Morgan fingerprint density at radius 1 is 1.12 bits per heavy atom. The molecule has 0 radical (unpaired) electrons. The Balaban J connectivity index is 2.78. The van der Waals surface area contributed by atoms with Gasteiger partial charge < -0.3 is 0 Å². The van der Waals surface area contributed by atoms with Crippen LogP contribution in [0.2, 0.25) is 0 Å². The highest BCUT2D eigenvalue weighted by Gasteiger charge is 2.17. The third-order valence-electron chi connectivity index (χ3n) is 2.12. The minimum absolute atomic E-state index is 0.308. The summed E-state index contributed by atoms with van der Waals surface area (Å²) in [5.74, 6) is -0.663. The van der Waals surface area contributed by atoms with E-state index < -0.39 is 0 Å². The van der Waals surface area contributed by atoms with E-state index in [4.69, 9.17) is 0 Å². The molecule has 0 aliphatic rings. The first-order valence-corrected chi connectivity index (χ1v) is 5.27. The average molecular weight is 232 g/mol. The maximum Gasteiger partial charge on any atom is 0.267 e. The van der Waals surface area contributed by atoms with Crippen LogP contribution in [0.15, 0.2) is 36.4 Å². The number of imide groups is 1. The standard InChI is InChI=1S/C13H16N2O2/c1-11(16)15(14(2)3)13(17)10-9-12-7-5-4-6-8-12/h4-10H,1-3H3/b10-9+. The maximum absolute atomic E-state index is 11.8. The third-order valence-corrected chi connectivity index (χ3v) is 2.12. The predicted octanol–water partition coefficient (Wildman–Crippen LogP) is 1.55. The first-order valence-electron chi connectivity index (χ1n) is 5.27. The lowest BCUT2D eigenvalue weighted by atomic mass is 10.2. The summed E-state index contributed by atoms with van der Waals surface area (Å²) < 4.78 is 0. The van der Waals surface area contributed by atoms with Crippen molar-refractivity contribution >= 4 is 17.9 Å². The normalized spacial score (nSPS) is 10.8. The maximum atomic E-state index is 11.8. The van der Waals surface area contributed by atoms with Gasteiger partial charge in [-0.15, -0.1) is 0 Å². The van der Waals surface area contributed by atoms with Gasteiger partial charge in [-0.25, -0.2) is 10.0 Å². The van der Waals surface area contributed by atoms with Crippen LogP contribution in [0.1, 0.15) is 12.5 Å². The Morgan fingerprint density at radius 3 is 2.18 bits per heavy atom. The van der Waals surface area contributed by atoms with E-state index in [1.807, 2.05) is 30.3 Å². The highest BCUT2D eigenvalue weighted by molar-refractivity contribution is 6.01. The lowest BCUT2D eigenvalue weighted by Gasteiger charge is -2.23. The molecule has 0 unspecified atom stereocenters. The van der Waals surface area contributed by atoms with Crippen molar-refractivity contribution < 1.29 is 9.59 Å². The number of nitrogens with zero attached hydrogens (tertiary/aromatic N) is 2. The van der Waals surface area contributed by atoms with Gasteiger partial charge in [0.15, 0.2) is 0 Å². The molecule has 0 saturated heterocycles. The number of benzene rings is 1. The second-order valence-corrected chi connectivity index (χ2v) is 3.76. The van der Waals surface area contributed by atoms with E-state index in [-0.39, 0.29) is 11.8 Å². The van der Waals surface area contributed by atoms with Crippen molar-refractivity contribution in [3.63, 3.8) is 0 Å². The zero-order valence-corrected chi connectivity index (χ0v) is 10.3. The molecule has 4 nitrogen and oxygen atoms in total. The molecule has 0 spiro atoms. The van der Waals surface area contributed by atoms with Crippen LogP contribution in [0, 0.1) is 0 Å². The summed E-state index contributed by atoms with van der Waals surface area (Å²) in [4.78, 5) is 23.0. The van der Waals surface area contributed by atoms with E-state index in [1.54, 1.807) is 20.2 Å². The lowest BCUT2D eigenvalue weighted by Crippen LogP contribution is -2.44. The van der Waals surface area contributed by atoms with Gasteiger partial charge >= 0.3 is 0 Å². The highest BCUT2D eigenvalue weighted by atomic mass is 16.2. The number of amides is 2. The number of carbonyl (C=O) groups excluding carboxylic acids is 2. The van der Waals surface area contributed by atoms with Crippen molar-refractivity contribution in [2.24, 2.45) is 0 Å². The number of hydrazine groups is 1. The van der Waals surface area contributed by atoms with Crippen molar-refractivity contribution in [1.29, 1.82) is 0 Å². The molecule has 2 amide bonds. The van der Waals surface area contributed by atoms with Gasteiger partial charge in [0.05, 0.1) is 0 Å². The van der Waals surface area contributed by atoms with Crippen molar-refractivity contribution in [2.75, 3.05) is 14.1 Å². The molecule has 0 aliphatic carbocycles. The van der Waals surface area contributed by atoms with Crippen LogP contribution in [0.5, 0.6) is 0 Å². The SMILES string of the molecule is CC(=O)N(C(=O)/C=C/c1ccccc1)N(C)C. The summed E-state index contributed by atoms with van der Waals surface area (Å²) in [6.07, 6.45) is 3.07. The summed E-state index contributed by atoms with van der Waals surface area (Å²) in [7, 11) is 3.30. The Labute approximate surface area is 101 Å². The summed E-state index contributed by atoms with van der Waals surface area (Å²) in [6, 6.07) is 9.45. The summed E-state index contributed by atoms with van der Waals surface area (Å²) in [5, 5.41) is 2.53. The van der Waals surface area contributed by atoms with Crippen molar-refractivity contribution in [3.05, 3.63) is 42.0 Å². The molecule has 1 aromatic carbocycles. The van der Waals surface area contributed by atoms with E-state index in [9.17, 15) is 9.59 Å². The molecule has 17 heavy (non-hydrogen) atoms. The minimum Gasteiger partial charge on any atom is -0.273 e. The van der Waals surface area contributed by atoms with Crippen LogP contribution in [0.3, 0.4) is 0 Å². The molecular weight excluding hydrogens is 216 g/mol. The largest absolute Gasteiger partial charge is 0.273 e. The van der Waals surface area contributed by atoms with Crippen LogP contribution in [0.25, 0.3) is 6.08 Å². The van der Waals surface area contributed by atoms with Gasteiger partial charge in [-0.3, -0.25) is 9.59 Å². The van der Waals surface area contributed by atoms with Crippen molar-refractivity contribution in [2.45, 2.75) is 6.92 Å². The molecule has 0 saturated carbocycles. The molecule has 90 valence electrons. The quantitative estimate of drug-likeness (QED) is 0.586. The average Bonchev–Trinajstić information content (AvgIpc) is 2.27. The molecule has 4 heteroatoms. The lowest BCUT2D eigenvalue weighted by molar-refractivity contribution is -0.155. The van der Waals surface area contributed by atoms with E-state index in [0.29, 0.717) is 0 Å². The Kier molecular flexibility index (Phi) is 4.60. The molecule has 0 bridgehead atoms. The fraction of sp³-hybridized carbons (Fsp3) is 0.231. The van der Waals surface area contributed by atoms with Gasteiger partial charge in [-0.1, -0.05) is 30.3 Å². The van der Waals surface area contributed by atoms with Crippen LogP contribution in [-0.2, 0) is 9.59 Å². The number of rotatable bonds is 3. The number of hydrogen-bond donors (Lipinski definition) is 0. The third kappa shape index (κ3) is 3.85. The van der Waals surface area contributed by atoms with Gasteiger partial charge in [0.1, 0.15) is 0 Å². The van der Waals surface area contributed by atoms with E-state index >= 15 is 0 Å². The van der Waals surface area contributed by atoms with Crippen LogP contribution < -0.4 is 0 Å². The van der Waals surface area contributed by atoms with Crippen molar-refractivity contribution in [1.82, 2.24) is 10.0 Å². The van der Waals surface area contributed by atoms with Gasteiger partial charge in [0.25, 0.3) is 5.91 Å². The smallest absolute Gasteiger partial charge is 0.267 e. The molecule has 0 aliphatic heterocycles. The summed E-state index contributed by atoms with van der Waals surface area (Å²) in [5.41, 5.74) is 0.920. The van der Waals surface area contributed by atoms with Crippen LogP contribution in [-0.4, -0.2) is 35.9 Å². The Morgan fingerprint density at radius 2 is 1.71 bits per heavy atom. The van der Waals surface area contributed by atoms with Gasteiger partial charge in [-0.2, -0.15) is 0 Å². The first kappa shape index (κ1) is 13.1. The highest BCUT2D eigenvalue weighted by Crippen LogP contribution is 2.03. The topological polar surface area (TPSA) is 40.6 Å². The second-order valence-electron chi connectivity index (χ2n) is 3.76. The minimum atomic E-state index is -0.355. The monoisotopic (exact) mass is 232 g/mol. The van der Waals surface area contributed by atoms with Gasteiger partial charge in [-0.05, 0) is 11.6 Å². The zero-order chi connectivity index (χ0) is 12.8. The van der Waals surface area contributed by atoms with Crippen molar-refractivity contribution in [3.8, 4) is 0 Å².